The second kappa shape index (κ2) is 19.6. The van der Waals surface area contributed by atoms with Crippen LogP contribution in [0.3, 0.4) is 0 Å². The van der Waals surface area contributed by atoms with Gasteiger partial charge in [-0.25, -0.2) is 8.42 Å². The van der Waals surface area contributed by atoms with Crippen LogP contribution in [-0.4, -0.2) is 25.8 Å². The molecule has 0 aliphatic rings. The SMILES string of the molecule is CC(C)=CCCC(C)=CCCC(C)=CCN(CC=C(C)CCC=C(C)CCC=C(C)C)S(=O)(=O)c1ccc(C)cc1. The molecule has 0 fully saturated rings. The lowest BCUT2D eigenvalue weighted by Crippen LogP contribution is -2.32. The molecule has 0 aromatic heterocycles. The molecule has 0 aliphatic heterocycles. The van der Waals surface area contributed by atoms with Crippen molar-refractivity contribution in [3.05, 3.63) is 99.7 Å². The van der Waals surface area contributed by atoms with E-state index in [1.807, 2.05) is 19.1 Å². The van der Waals surface area contributed by atoms with E-state index >= 15 is 0 Å². The van der Waals surface area contributed by atoms with E-state index < -0.39 is 10.0 Å². The molecule has 0 heterocycles. The highest BCUT2D eigenvalue weighted by Crippen LogP contribution is 2.19. The van der Waals surface area contributed by atoms with Crippen molar-refractivity contribution >= 4 is 10.0 Å². The van der Waals surface area contributed by atoms with Gasteiger partial charge in [0.25, 0.3) is 0 Å². The zero-order valence-electron chi connectivity index (χ0n) is 27.5. The minimum Gasteiger partial charge on any atom is -0.207 e. The van der Waals surface area contributed by atoms with E-state index in [1.54, 1.807) is 16.4 Å². The van der Waals surface area contributed by atoms with Crippen molar-refractivity contribution in [3.63, 3.8) is 0 Å². The summed E-state index contributed by atoms with van der Waals surface area (Å²) in [4.78, 5) is 0.352. The van der Waals surface area contributed by atoms with Gasteiger partial charge in [-0.2, -0.15) is 4.31 Å². The third-order valence-corrected chi connectivity index (χ3v) is 9.04. The van der Waals surface area contributed by atoms with E-state index in [0.29, 0.717) is 18.0 Å². The Hall–Kier alpha value is -2.43. The standard InChI is InChI=1S/C37H57NO2S/c1-30(2)14-10-16-32(5)18-12-20-34(7)26-28-38(41(39,40)37-24-22-36(9)23-25-37)29-27-35(8)21-13-19-33(6)17-11-15-31(3)4/h14-15,18-19,22-27H,10-13,16-17,20-21,28-29H2,1-9H3. The Labute approximate surface area is 253 Å². The molecule has 0 radical (unpaired) electrons. The van der Waals surface area contributed by atoms with Gasteiger partial charge in [0, 0.05) is 13.1 Å². The topological polar surface area (TPSA) is 37.4 Å². The number of hydrogen-bond acceptors (Lipinski definition) is 2. The molecular weight excluding hydrogens is 522 g/mol. The van der Waals surface area contributed by atoms with Gasteiger partial charge in [-0.05, 0) is 126 Å². The van der Waals surface area contributed by atoms with Gasteiger partial charge in [-0.1, -0.05) is 87.6 Å². The van der Waals surface area contributed by atoms with Crippen LogP contribution in [0.25, 0.3) is 0 Å². The summed E-state index contributed by atoms with van der Waals surface area (Å²) in [6.07, 6.45) is 21.6. The zero-order chi connectivity index (χ0) is 30.8. The fourth-order valence-corrected chi connectivity index (χ4v) is 5.64. The number of sulfonamides is 1. The van der Waals surface area contributed by atoms with Gasteiger partial charge in [0.05, 0.1) is 4.90 Å². The maximum absolute atomic E-state index is 13.6. The second-order valence-corrected chi connectivity index (χ2v) is 14.0. The van der Waals surface area contributed by atoms with E-state index in [4.69, 9.17) is 0 Å². The van der Waals surface area contributed by atoms with Crippen LogP contribution in [0.4, 0.5) is 0 Å². The first-order valence-electron chi connectivity index (χ1n) is 15.3. The molecule has 0 saturated heterocycles. The monoisotopic (exact) mass is 579 g/mol. The summed E-state index contributed by atoms with van der Waals surface area (Å²) < 4.78 is 28.8. The molecule has 0 atom stereocenters. The number of benzene rings is 1. The number of allylic oxidation sites excluding steroid dienone is 10. The van der Waals surface area contributed by atoms with Crippen molar-refractivity contribution in [1.29, 1.82) is 0 Å². The summed E-state index contributed by atoms with van der Waals surface area (Å²) in [5.41, 5.74) is 9.05. The summed E-state index contributed by atoms with van der Waals surface area (Å²) in [6.45, 7) is 19.9. The van der Waals surface area contributed by atoms with Crippen LogP contribution in [0, 0.1) is 6.92 Å². The highest BCUT2D eigenvalue weighted by Gasteiger charge is 2.22. The summed E-state index contributed by atoms with van der Waals surface area (Å²) in [7, 11) is -3.60. The predicted molar refractivity (Wildman–Crippen MR) is 181 cm³/mol. The highest BCUT2D eigenvalue weighted by molar-refractivity contribution is 7.89. The van der Waals surface area contributed by atoms with Gasteiger partial charge < -0.3 is 0 Å². The Kier molecular flexibility index (Phi) is 17.5. The molecule has 0 saturated carbocycles. The first-order chi connectivity index (χ1) is 19.3. The van der Waals surface area contributed by atoms with Crippen LogP contribution < -0.4 is 0 Å². The Morgan fingerprint density at radius 3 is 1.27 bits per heavy atom. The van der Waals surface area contributed by atoms with Crippen LogP contribution in [-0.2, 0) is 10.0 Å². The molecule has 0 bridgehead atoms. The molecule has 1 aromatic rings. The molecule has 3 nitrogen and oxygen atoms in total. The lowest BCUT2D eigenvalue weighted by Gasteiger charge is -2.20. The Morgan fingerprint density at radius 1 is 0.561 bits per heavy atom. The first kappa shape index (κ1) is 36.6. The molecule has 0 aliphatic carbocycles. The Bertz CT molecular complexity index is 1150. The third kappa shape index (κ3) is 16.6. The van der Waals surface area contributed by atoms with Crippen LogP contribution in [0.2, 0.25) is 0 Å². The zero-order valence-corrected chi connectivity index (χ0v) is 28.3. The molecule has 4 heteroatoms. The van der Waals surface area contributed by atoms with Crippen molar-refractivity contribution in [3.8, 4) is 0 Å². The van der Waals surface area contributed by atoms with Gasteiger partial charge in [-0.3, -0.25) is 0 Å². The average molecular weight is 580 g/mol. The van der Waals surface area contributed by atoms with Crippen molar-refractivity contribution in [2.45, 2.75) is 119 Å². The lowest BCUT2D eigenvalue weighted by atomic mass is 10.1. The summed E-state index contributed by atoms with van der Waals surface area (Å²) in [5, 5.41) is 0. The number of rotatable bonds is 18. The largest absolute Gasteiger partial charge is 0.243 e. The Balaban J connectivity index is 2.90. The first-order valence-corrected chi connectivity index (χ1v) is 16.7. The number of hydrogen-bond donors (Lipinski definition) is 0. The van der Waals surface area contributed by atoms with Gasteiger partial charge in [0.15, 0.2) is 0 Å². The quantitative estimate of drug-likeness (QED) is 0.162. The van der Waals surface area contributed by atoms with Crippen molar-refractivity contribution < 1.29 is 8.42 Å². The highest BCUT2D eigenvalue weighted by atomic mass is 32.2. The van der Waals surface area contributed by atoms with Crippen LogP contribution in [0.5, 0.6) is 0 Å². The minimum atomic E-state index is -3.60. The minimum absolute atomic E-state index is 0.352. The number of nitrogens with zero attached hydrogens (tertiary/aromatic N) is 1. The van der Waals surface area contributed by atoms with E-state index in [2.05, 4.69) is 91.8 Å². The van der Waals surface area contributed by atoms with Gasteiger partial charge in [-0.15, -0.1) is 0 Å². The van der Waals surface area contributed by atoms with Crippen molar-refractivity contribution in [2.24, 2.45) is 0 Å². The molecule has 228 valence electrons. The fraction of sp³-hybridized carbons (Fsp3) is 0.514. The average Bonchev–Trinajstić information content (AvgIpc) is 2.88. The van der Waals surface area contributed by atoms with E-state index in [1.165, 1.54) is 33.4 Å². The van der Waals surface area contributed by atoms with Crippen LogP contribution in [0.1, 0.15) is 112 Å². The number of aryl methyl sites for hydroxylation is 1. The maximum Gasteiger partial charge on any atom is 0.243 e. The maximum atomic E-state index is 13.6. The Morgan fingerprint density at radius 2 is 0.902 bits per heavy atom. The van der Waals surface area contributed by atoms with Gasteiger partial charge in [0.2, 0.25) is 10.0 Å². The van der Waals surface area contributed by atoms with Gasteiger partial charge in [0.1, 0.15) is 0 Å². The lowest BCUT2D eigenvalue weighted by molar-refractivity contribution is 0.472. The van der Waals surface area contributed by atoms with Gasteiger partial charge >= 0.3 is 0 Å². The van der Waals surface area contributed by atoms with Crippen molar-refractivity contribution in [1.82, 2.24) is 4.31 Å². The van der Waals surface area contributed by atoms with Crippen LogP contribution >= 0.6 is 0 Å². The van der Waals surface area contributed by atoms with Crippen molar-refractivity contribution in [2.75, 3.05) is 13.1 Å². The summed E-state index contributed by atoms with van der Waals surface area (Å²) in [6, 6.07) is 7.17. The van der Waals surface area contributed by atoms with Crippen LogP contribution in [0.15, 0.2) is 99.1 Å². The van der Waals surface area contributed by atoms with E-state index in [9.17, 15) is 8.42 Å². The predicted octanol–water partition coefficient (Wildman–Crippen LogP) is 10.8. The molecule has 41 heavy (non-hydrogen) atoms. The fourth-order valence-electron chi connectivity index (χ4n) is 4.32. The summed E-state index contributed by atoms with van der Waals surface area (Å²) in [5.74, 6) is 0. The molecule has 0 unspecified atom stereocenters. The molecule has 0 spiro atoms. The molecule has 1 rings (SSSR count). The molecule has 0 amide bonds. The summed E-state index contributed by atoms with van der Waals surface area (Å²) >= 11 is 0. The normalized spacial score (nSPS) is 13.5. The van der Waals surface area contributed by atoms with E-state index in [-0.39, 0.29) is 0 Å². The molecular formula is C37H57NO2S. The van der Waals surface area contributed by atoms with E-state index in [0.717, 1.165) is 56.9 Å². The third-order valence-electron chi connectivity index (χ3n) is 7.19. The smallest absolute Gasteiger partial charge is 0.207 e. The second-order valence-electron chi connectivity index (χ2n) is 12.1. The molecule has 1 aromatic carbocycles. The molecule has 0 N–H and O–H groups in total.